The van der Waals surface area contributed by atoms with Crippen LogP contribution in [-0.4, -0.2) is 46.2 Å². The number of carboxylic acid groups (broad SMARTS) is 1. The molecule has 1 aliphatic heterocycles. The Morgan fingerprint density at radius 2 is 1.86 bits per heavy atom. The molecule has 1 fully saturated rings. The van der Waals surface area contributed by atoms with Crippen LogP contribution in [0.1, 0.15) is 58.6 Å². The zero-order valence-electron chi connectivity index (χ0n) is 18.0. The summed E-state index contributed by atoms with van der Waals surface area (Å²) in [5.74, 6) is 0.244. The zero-order valence-corrected chi connectivity index (χ0v) is 18.0. The van der Waals surface area contributed by atoms with Crippen LogP contribution in [0.4, 0.5) is 18.0 Å². The van der Waals surface area contributed by atoms with Crippen molar-refractivity contribution in [1.82, 2.24) is 9.80 Å². The third kappa shape index (κ3) is 5.87. The van der Waals surface area contributed by atoms with Gasteiger partial charge in [-0.1, -0.05) is 52.8 Å². The van der Waals surface area contributed by atoms with E-state index in [0.29, 0.717) is 19.5 Å². The maximum atomic E-state index is 13.5. The topological polar surface area (TPSA) is 43.8 Å². The largest absolute Gasteiger partial charge is 0.465 e. The van der Waals surface area contributed by atoms with Crippen LogP contribution in [0.25, 0.3) is 0 Å². The van der Waals surface area contributed by atoms with Crippen LogP contribution < -0.4 is 0 Å². The van der Waals surface area contributed by atoms with E-state index in [-0.39, 0.29) is 35.5 Å². The van der Waals surface area contributed by atoms with E-state index in [9.17, 15) is 23.1 Å². The number of hydrogen-bond acceptors (Lipinski definition) is 2. The number of halogens is 3. The van der Waals surface area contributed by atoms with E-state index in [4.69, 9.17) is 0 Å². The lowest BCUT2D eigenvalue weighted by Gasteiger charge is -2.51. The smallest absolute Gasteiger partial charge is 0.416 e. The van der Waals surface area contributed by atoms with Crippen molar-refractivity contribution in [3.63, 3.8) is 0 Å². The first-order valence-corrected chi connectivity index (χ1v) is 10.2. The molecule has 2 rings (SSSR count). The monoisotopic (exact) mass is 414 g/mol. The fraction of sp³-hybridized carbons (Fsp3) is 0.682. The van der Waals surface area contributed by atoms with Gasteiger partial charge in [0.1, 0.15) is 0 Å². The highest BCUT2D eigenvalue weighted by Crippen LogP contribution is 2.37. The number of rotatable bonds is 5. The van der Waals surface area contributed by atoms with Crippen molar-refractivity contribution in [1.29, 1.82) is 0 Å². The third-order valence-electron chi connectivity index (χ3n) is 5.50. The maximum Gasteiger partial charge on any atom is 0.416 e. The number of carbonyl (C=O) groups is 1. The van der Waals surface area contributed by atoms with Gasteiger partial charge in [-0.25, -0.2) is 4.79 Å². The summed E-state index contributed by atoms with van der Waals surface area (Å²) >= 11 is 0. The van der Waals surface area contributed by atoms with Crippen molar-refractivity contribution in [3.05, 3.63) is 35.4 Å². The molecule has 1 unspecified atom stereocenters. The molecule has 1 heterocycles. The van der Waals surface area contributed by atoms with Gasteiger partial charge in [0.25, 0.3) is 0 Å². The van der Waals surface area contributed by atoms with E-state index in [1.54, 1.807) is 6.07 Å². The Morgan fingerprint density at radius 1 is 1.24 bits per heavy atom. The van der Waals surface area contributed by atoms with Gasteiger partial charge in [0.15, 0.2) is 0 Å². The fourth-order valence-corrected chi connectivity index (χ4v) is 4.56. The number of amides is 1. The van der Waals surface area contributed by atoms with Gasteiger partial charge in [-0.15, -0.1) is 0 Å². The Balaban J connectivity index is 2.45. The van der Waals surface area contributed by atoms with E-state index in [2.05, 4.69) is 4.90 Å². The summed E-state index contributed by atoms with van der Waals surface area (Å²) in [5, 5.41) is 9.75. The van der Waals surface area contributed by atoms with Crippen LogP contribution in [0, 0.1) is 11.3 Å². The lowest BCUT2D eigenvalue weighted by Crippen LogP contribution is -2.61. The molecular formula is C22H33F3N2O2. The van der Waals surface area contributed by atoms with E-state index >= 15 is 0 Å². The van der Waals surface area contributed by atoms with Gasteiger partial charge in [0, 0.05) is 25.7 Å². The first kappa shape index (κ1) is 23.5. The van der Waals surface area contributed by atoms with E-state index in [0.717, 1.165) is 12.5 Å². The Hall–Kier alpha value is -1.76. The molecule has 0 aliphatic carbocycles. The summed E-state index contributed by atoms with van der Waals surface area (Å²) in [7, 11) is 0. The minimum absolute atomic E-state index is 0.136. The summed E-state index contributed by atoms with van der Waals surface area (Å²) in [6.07, 6.45) is -3.90. The Labute approximate surface area is 171 Å². The summed E-state index contributed by atoms with van der Waals surface area (Å²) in [5.41, 5.74) is -0.713. The predicted octanol–water partition coefficient (Wildman–Crippen LogP) is 5.72. The minimum atomic E-state index is -4.41. The molecule has 1 saturated heterocycles. The lowest BCUT2D eigenvalue weighted by molar-refractivity contribution is -0.138. The summed E-state index contributed by atoms with van der Waals surface area (Å²) in [4.78, 5) is 15.5. The highest BCUT2D eigenvalue weighted by atomic mass is 19.4. The van der Waals surface area contributed by atoms with Gasteiger partial charge in [0.2, 0.25) is 0 Å². The molecule has 164 valence electrons. The molecule has 0 bridgehead atoms. The molecule has 1 aromatic carbocycles. The summed E-state index contributed by atoms with van der Waals surface area (Å²) < 4.78 is 40.6. The third-order valence-corrected chi connectivity index (χ3v) is 5.50. The van der Waals surface area contributed by atoms with Gasteiger partial charge in [-0.2, -0.15) is 13.2 Å². The van der Waals surface area contributed by atoms with Crippen molar-refractivity contribution in [3.8, 4) is 0 Å². The highest BCUT2D eigenvalue weighted by molar-refractivity contribution is 5.66. The minimum Gasteiger partial charge on any atom is -0.465 e. The van der Waals surface area contributed by atoms with E-state index < -0.39 is 17.8 Å². The second-order valence-corrected chi connectivity index (χ2v) is 9.47. The number of benzene rings is 1. The van der Waals surface area contributed by atoms with Crippen LogP contribution in [0.2, 0.25) is 0 Å². The summed E-state index contributed by atoms with van der Waals surface area (Å²) in [6, 6.07) is 5.26. The second kappa shape index (κ2) is 8.94. The molecule has 0 aromatic heterocycles. The second-order valence-electron chi connectivity index (χ2n) is 9.47. The number of piperidine rings is 1. The molecule has 0 saturated carbocycles. The maximum absolute atomic E-state index is 13.5. The number of alkyl halides is 3. The first-order chi connectivity index (χ1) is 13.3. The standard InChI is InChI=1S/C22H33F3N2O2/c1-15(2)13-26(14-16-9-6-7-10-17(16)22(23,24)25)18-11-8-12-27(20(28)29)19(18)21(3,4)5/h6-7,9-10,15,18-19H,8,11-14H2,1-5H3,(H,28,29)/t18-,19?/m0/s1. The van der Waals surface area contributed by atoms with Crippen LogP contribution in [-0.2, 0) is 12.7 Å². The number of likely N-dealkylation sites (tertiary alicyclic amines) is 1. The van der Waals surface area contributed by atoms with Crippen molar-refractivity contribution in [2.75, 3.05) is 13.1 Å². The van der Waals surface area contributed by atoms with Gasteiger partial charge in [-0.05, 0) is 35.8 Å². The Kier molecular flexibility index (Phi) is 7.25. The molecule has 29 heavy (non-hydrogen) atoms. The van der Waals surface area contributed by atoms with Crippen molar-refractivity contribution < 1.29 is 23.1 Å². The molecule has 1 N–H and O–H groups in total. The normalized spacial score (nSPS) is 21.1. The van der Waals surface area contributed by atoms with Crippen LogP contribution >= 0.6 is 0 Å². The predicted molar refractivity (Wildman–Crippen MR) is 108 cm³/mol. The molecule has 7 heteroatoms. The van der Waals surface area contributed by atoms with Gasteiger partial charge in [-0.3, -0.25) is 4.90 Å². The molecule has 2 atom stereocenters. The van der Waals surface area contributed by atoms with Crippen molar-refractivity contribution in [2.45, 2.75) is 72.3 Å². The zero-order chi connectivity index (χ0) is 22.0. The Morgan fingerprint density at radius 3 is 2.38 bits per heavy atom. The molecular weight excluding hydrogens is 381 g/mol. The molecule has 0 radical (unpaired) electrons. The van der Waals surface area contributed by atoms with Gasteiger partial charge < -0.3 is 10.0 Å². The molecule has 0 spiro atoms. The highest BCUT2D eigenvalue weighted by Gasteiger charge is 2.44. The SMILES string of the molecule is CC(C)CN(Cc1ccccc1C(F)(F)F)[C@H]1CCCN(C(=O)O)C1C(C)(C)C. The Bertz CT molecular complexity index is 698. The number of nitrogens with zero attached hydrogens (tertiary/aromatic N) is 2. The molecule has 1 aliphatic rings. The van der Waals surface area contributed by atoms with E-state index in [1.165, 1.54) is 17.0 Å². The quantitative estimate of drug-likeness (QED) is 0.670. The average molecular weight is 415 g/mol. The van der Waals surface area contributed by atoms with Crippen molar-refractivity contribution >= 4 is 6.09 Å². The van der Waals surface area contributed by atoms with Crippen molar-refractivity contribution in [2.24, 2.45) is 11.3 Å². The van der Waals surface area contributed by atoms with Gasteiger partial charge >= 0.3 is 12.3 Å². The summed E-state index contributed by atoms with van der Waals surface area (Å²) in [6.45, 7) is 11.3. The van der Waals surface area contributed by atoms with Crippen LogP contribution in [0.3, 0.4) is 0 Å². The molecule has 1 amide bonds. The van der Waals surface area contributed by atoms with Crippen LogP contribution in [0.5, 0.6) is 0 Å². The van der Waals surface area contributed by atoms with E-state index in [1.807, 2.05) is 34.6 Å². The lowest BCUT2D eigenvalue weighted by atomic mass is 9.76. The first-order valence-electron chi connectivity index (χ1n) is 10.2. The fourth-order valence-electron chi connectivity index (χ4n) is 4.56. The molecule has 4 nitrogen and oxygen atoms in total. The molecule has 1 aromatic rings. The van der Waals surface area contributed by atoms with Crippen LogP contribution in [0.15, 0.2) is 24.3 Å². The van der Waals surface area contributed by atoms with Gasteiger partial charge in [0.05, 0.1) is 11.6 Å². The number of hydrogen-bond donors (Lipinski definition) is 1. The average Bonchev–Trinajstić information content (AvgIpc) is 2.59.